The van der Waals surface area contributed by atoms with Crippen LogP contribution in [0.4, 0.5) is 20.3 Å². The van der Waals surface area contributed by atoms with Gasteiger partial charge < -0.3 is 14.4 Å². The SMILES string of the molecule is C[Si](C)(C)CCOCN1C(=O)C(F)(F)c2cc(-c3cnc(N4CCOCC4)c4nc(CCc5ccc6ccccc6n5)cn34)ccc21. The Kier molecular flexibility index (Phi) is 8.27. The molecule has 12 heteroatoms. The number of ether oxygens (including phenoxy) is 2. The molecule has 0 aliphatic carbocycles. The average molecular weight is 657 g/mol. The number of aromatic nitrogens is 4. The molecular weight excluding hydrogens is 619 g/mol. The minimum Gasteiger partial charge on any atom is -0.378 e. The summed E-state index contributed by atoms with van der Waals surface area (Å²) in [7, 11) is -1.37. The second-order valence-corrected chi connectivity index (χ2v) is 19.0. The first-order valence-corrected chi connectivity index (χ1v) is 19.8. The number of benzene rings is 2. The Morgan fingerprint density at radius 2 is 1.77 bits per heavy atom. The number of imidazole rings is 1. The number of aryl methyl sites for hydroxylation is 2. The second kappa shape index (κ2) is 12.4. The monoisotopic (exact) mass is 656 g/mol. The minimum absolute atomic E-state index is 0.167. The highest BCUT2D eigenvalue weighted by atomic mass is 28.3. The van der Waals surface area contributed by atoms with Crippen molar-refractivity contribution in [3.63, 3.8) is 0 Å². The minimum atomic E-state index is -3.67. The van der Waals surface area contributed by atoms with Crippen molar-refractivity contribution in [2.45, 2.75) is 44.4 Å². The Labute approximate surface area is 273 Å². The van der Waals surface area contributed by atoms with Gasteiger partial charge in [0.2, 0.25) is 0 Å². The van der Waals surface area contributed by atoms with Gasteiger partial charge in [-0.2, -0.15) is 8.78 Å². The van der Waals surface area contributed by atoms with E-state index in [1.54, 1.807) is 18.3 Å². The molecule has 0 N–H and O–H groups in total. The molecule has 2 aliphatic rings. The molecule has 2 aliphatic heterocycles. The zero-order chi connectivity index (χ0) is 32.8. The number of nitrogens with zero attached hydrogens (tertiary/aromatic N) is 6. The van der Waals surface area contributed by atoms with E-state index in [1.807, 2.05) is 40.9 Å². The molecule has 244 valence electrons. The number of rotatable bonds is 10. The average Bonchev–Trinajstić information content (AvgIpc) is 3.58. The highest BCUT2D eigenvalue weighted by Gasteiger charge is 2.53. The molecule has 0 unspecified atom stereocenters. The van der Waals surface area contributed by atoms with Crippen LogP contribution in [-0.4, -0.2) is 73.0 Å². The molecule has 0 saturated carbocycles. The van der Waals surface area contributed by atoms with Crippen molar-refractivity contribution < 1.29 is 23.0 Å². The second-order valence-electron chi connectivity index (χ2n) is 13.4. The first kappa shape index (κ1) is 31.3. The van der Waals surface area contributed by atoms with Crippen molar-refractivity contribution in [1.82, 2.24) is 19.4 Å². The molecule has 0 bridgehead atoms. The van der Waals surface area contributed by atoms with Gasteiger partial charge in [0.15, 0.2) is 11.5 Å². The molecule has 7 rings (SSSR count). The highest BCUT2D eigenvalue weighted by molar-refractivity contribution is 6.76. The van der Waals surface area contributed by atoms with Crippen LogP contribution in [0.15, 0.2) is 67.0 Å². The van der Waals surface area contributed by atoms with Gasteiger partial charge in [-0.25, -0.2) is 9.97 Å². The van der Waals surface area contributed by atoms with Crippen LogP contribution in [0.25, 0.3) is 27.8 Å². The van der Waals surface area contributed by atoms with E-state index in [9.17, 15) is 4.79 Å². The largest absolute Gasteiger partial charge is 0.378 e. The number of carbonyl (C=O) groups excluding carboxylic acids is 1. The number of fused-ring (bicyclic) bond motifs is 3. The number of alkyl halides is 2. The van der Waals surface area contributed by atoms with Crippen LogP contribution in [0.3, 0.4) is 0 Å². The normalized spacial score (nSPS) is 16.4. The maximum absolute atomic E-state index is 15.5. The number of anilines is 2. The lowest BCUT2D eigenvalue weighted by Gasteiger charge is -2.28. The van der Waals surface area contributed by atoms with Crippen molar-refractivity contribution in [2.24, 2.45) is 0 Å². The van der Waals surface area contributed by atoms with Crippen LogP contribution in [0, 0.1) is 0 Å². The van der Waals surface area contributed by atoms with Crippen LogP contribution in [0.5, 0.6) is 0 Å². The van der Waals surface area contributed by atoms with Crippen LogP contribution < -0.4 is 9.80 Å². The van der Waals surface area contributed by atoms with Crippen LogP contribution in [0.2, 0.25) is 25.7 Å². The van der Waals surface area contributed by atoms with E-state index in [-0.39, 0.29) is 18.0 Å². The Hall–Kier alpha value is -4.26. The van der Waals surface area contributed by atoms with Gasteiger partial charge in [0.05, 0.1) is 47.6 Å². The molecule has 3 aromatic heterocycles. The maximum atomic E-state index is 15.5. The molecule has 2 aromatic carbocycles. The molecular formula is C35H38F2N6O3Si. The maximum Gasteiger partial charge on any atom is 0.352 e. The molecule has 5 heterocycles. The van der Waals surface area contributed by atoms with Crippen LogP contribution in [0.1, 0.15) is 17.0 Å². The lowest BCUT2D eigenvalue weighted by Crippen LogP contribution is -2.37. The predicted octanol–water partition coefficient (Wildman–Crippen LogP) is 6.32. The van der Waals surface area contributed by atoms with Gasteiger partial charge in [0, 0.05) is 50.6 Å². The lowest BCUT2D eigenvalue weighted by molar-refractivity contribution is -0.142. The summed E-state index contributed by atoms with van der Waals surface area (Å²) in [4.78, 5) is 30.7. The quantitative estimate of drug-likeness (QED) is 0.129. The van der Waals surface area contributed by atoms with E-state index >= 15 is 8.78 Å². The fraction of sp³-hybridized carbons (Fsp3) is 0.371. The number of hydrogen-bond acceptors (Lipinski definition) is 7. The van der Waals surface area contributed by atoms with E-state index in [0.29, 0.717) is 62.7 Å². The predicted molar refractivity (Wildman–Crippen MR) is 181 cm³/mol. The van der Waals surface area contributed by atoms with Gasteiger partial charge in [-0.15, -0.1) is 0 Å². The smallest absolute Gasteiger partial charge is 0.352 e. The van der Waals surface area contributed by atoms with Crippen molar-refractivity contribution in [1.29, 1.82) is 0 Å². The van der Waals surface area contributed by atoms with Gasteiger partial charge in [0.25, 0.3) is 0 Å². The summed E-state index contributed by atoms with van der Waals surface area (Å²) in [6.45, 7) is 9.39. The number of amides is 1. The third-order valence-corrected chi connectivity index (χ3v) is 10.5. The summed E-state index contributed by atoms with van der Waals surface area (Å²) in [6.07, 6.45) is 4.97. The van der Waals surface area contributed by atoms with E-state index in [0.717, 1.165) is 39.1 Å². The molecule has 0 atom stereocenters. The van der Waals surface area contributed by atoms with Gasteiger partial charge in [-0.3, -0.25) is 19.1 Å². The number of para-hydroxylation sites is 1. The van der Waals surface area contributed by atoms with Crippen molar-refractivity contribution in [2.75, 3.05) is 49.4 Å². The van der Waals surface area contributed by atoms with Crippen LogP contribution in [-0.2, 0) is 33.0 Å². The molecule has 47 heavy (non-hydrogen) atoms. The molecule has 0 radical (unpaired) electrons. The summed E-state index contributed by atoms with van der Waals surface area (Å²) < 4.78 is 44.1. The third-order valence-electron chi connectivity index (χ3n) is 8.78. The third kappa shape index (κ3) is 6.24. The van der Waals surface area contributed by atoms with E-state index in [2.05, 4.69) is 30.6 Å². The number of carbonyl (C=O) groups is 1. The lowest BCUT2D eigenvalue weighted by atomic mass is 10.0. The van der Waals surface area contributed by atoms with Gasteiger partial charge in [-0.05, 0) is 43.2 Å². The summed E-state index contributed by atoms with van der Waals surface area (Å²) in [5, 5.41) is 1.09. The summed E-state index contributed by atoms with van der Waals surface area (Å²) in [5.74, 6) is -4.22. The fourth-order valence-electron chi connectivity index (χ4n) is 6.09. The number of pyridine rings is 1. The molecule has 0 spiro atoms. The fourth-order valence-corrected chi connectivity index (χ4v) is 6.84. The number of halogens is 2. The Bertz CT molecular complexity index is 1950. The Morgan fingerprint density at radius 1 is 0.979 bits per heavy atom. The van der Waals surface area contributed by atoms with Gasteiger partial charge >= 0.3 is 11.8 Å². The number of morpholine rings is 1. The molecule has 1 fully saturated rings. The first-order valence-electron chi connectivity index (χ1n) is 16.1. The van der Waals surface area contributed by atoms with Crippen molar-refractivity contribution in [3.8, 4) is 11.3 Å². The summed E-state index contributed by atoms with van der Waals surface area (Å²) in [5.41, 5.74) is 4.36. The highest BCUT2D eigenvalue weighted by Crippen LogP contribution is 2.46. The molecule has 5 aromatic rings. The van der Waals surface area contributed by atoms with Gasteiger partial charge in [0.1, 0.15) is 6.73 Å². The molecule has 1 saturated heterocycles. The molecule has 1 amide bonds. The van der Waals surface area contributed by atoms with E-state index < -0.39 is 19.9 Å². The first-order chi connectivity index (χ1) is 22.6. The van der Waals surface area contributed by atoms with E-state index in [1.165, 1.54) is 6.07 Å². The van der Waals surface area contributed by atoms with Crippen molar-refractivity contribution in [3.05, 3.63) is 83.9 Å². The Balaban J connectivity index is 1.21. The Morgan fingerprint density at radius 3 is 2.57 bits per heavy atom. The summed E-state index contributed by atoms with van der Waals surface area (Å²) in [6, 6.07) is 17.8. The standard InChI is InChI=1S/C35H38F2N6O3Si/c1-47(2,3)19-18-46-23-43-30-13-9-25(20-28(30)35(36,37)34(43)44)31-21-38-32(41-14-16-45-17-15-41)33-40-27(22-42(31)33)12-11-26-10-8-24-6-4-5-7-29(24)39-26/h4-10,13,20-22H,11-12,14-19,23H2,1-3H3. The summed E-state index contributed by atoms with van der Waals surface area (Å²) >= 11 is 0. The zero-order valence-electron chi connectivity index (χ0n) is 26.9. The van der Waals surface area contributed by atoms with Gasteiger partial charge in [-0.1, -0.05) is 50.0 Å². The molecule has 9 nitrogen and oxygen atoms in total. The van der Waals surface area contributed by atoms with Crippen LogP contribution >= 0.6 is 0 Å². The van der Waals surface area contributed by atoms with Crippen molar-refractivity contribution >= 4 is 42.0 Å². The number of hydrogen-bond donors (Lipinski definition) is 0. The zero-order valence-corrected chi connectivity index (χ0v) is 27.9. The topological polar surface area (TPSA) is 85.1 Å². The van der Waals surface area contributed by atoms with E-state index in [4.69, 9.17) is 24.4 Å².